The summed E-state index contributed by atoms with van der Waals surface area (Å²) < 4.78 is 10.2. The molecule has 0 unspecified atom stereocenters. The van der Waals surface area contributed by atoms with E-state index in [1.165, 1.54) is 52.1 Å². The number of unbranched alkanes of at least 4 members (excludes halogenated alkanes) is 8. The van der Waals surface area contributed by atoms with Crippen LogP contribution in [0.1, 0.15) is 96.8 Å². The van der Waals surface area contributed by atoms with E-state index in [0.29, 0.717) is 19.3 Å². The number of rotatable bonds is 14. The van der Waals surface area contributed by atoms with Gasteiger partial charge in [0.05, 0.1) is 13.5 Å². The molecular formula is C24H40O5. The van der Waals surface area contributed by atoms with Gasteiger partial charge in [-0.2, -0.15) is 0 Å². The zero-order valence-electron chi connectivity index (χ0n) is 18.7. The molecule has 2 atom stereocenters. The van der Waals surface area contributed by atoms with Crippen molar-refractivity contribution in [3.63, 3.8) is 0 Å². The van der Waals surface area contributed by atoms with Crippen LogP contribution < -0.4 is 0 Å². The van der Waals surface area contributed by atoms with Gasteiger partial charge in [-0.25, -0.2) is 9.78 Å². The second-order valence-corrected chi connectivity index (χ2v) is 7.72. The van der Waals surface area contributed by atoms with Gasteiger partial charge in [0, 0.05) is 26.4 Å². The summed E-state index contributed by atoms with van der Waals surface area (Å²) in [7, 11) is 3.00. The third-order valence-electron chi connectivity index (χ3n) is 5.31. The molecule has 29 heavy (non-hydrogen) atoms. The van der Waals surface area contributed by atoms with Crippen molar-refractivity contribution in [1.82, 2.24) is 0 Å². The average Bonchev–Trinajstić information content (AvgIpc) is 2.75. The molecule has 0 aliphatic carbocycles. The molecule has 1 rings (SSSR count). The summed E-state index contributed by atoms with van der Waals surface area (Å²) in [5.74, 6) is 5.27. The summed E-state index contributed by atoms with van der Waals surface area (Å²) in [4.78, 5) is 22.2. The van der Waals surface area contributed by atoms with Crippen molar-refractivity contribution in [3.05, 3.63) is 12.2 Å². The van der Waals surface area contributed by atoms with Crippen molar-refractivity contribution in [2.45, 2.75) is 109 Å². The molecular weight excluding hydrogens is 368 g/mol. The fraction of sp³-hybridized carbons (Fsp3) is 0.792. The van der Waals surface area contributed by atoms with Crippen molar-refractivity contribution >= 4 is 5.97 Å². The Kier molecular flexibility index (Phi) is 14.6. The molecule has 0 saturated carbocycles. The molecule has 1 heterocycles. The van der Waals surface area contributed by atoms with Crippen molar-refractivity contribution in [2.75, 3.05) is 14.2 Å². The fourth-order valence-corrected chi connectivity index (χ4v) is 3.38. The van der Waals surface area contributed by atoms with Crippen LogP contribution in [-0.4, -0.2) is 32.1 Å². The van der Waals surface area contributed by atoms with Crippen LogP contribution in [-0.2, 0) is 24.0 Å². The zero-order valence-corrected chi connectivity index (χ0v) is 18.7. The minimum atomic E-state index is -0.735. The lowest BCUT2D eigenvalue weighted by Crippen LogP contribution is -2.42. The van der Waals surface area contributed by atoms with Gasteiger partial charge in [-0.15, -0.1) is 0 Å². The molecule has 1 saturated heterocycles. The fourth-order valence-electron chi connectivity index (χ4n) is 3.38. The summed E-state index contributed by atoms with van der Waals surface area (Å²) in [6.07, 6.45) is 18.4. The zero-order chi connectivity index (χ0) is 21.2. The Labute approximate surface area is 177 Å². The predicted molar refractivity (Wildman–Crippen MR) is 115 cm³/mol. The second kappa shape index (κ2) is 16.4. The molecule has 0 aromatic rings. The Morgan fingerprint density at radius 2 is 1.90 bits per heavy atom. The summed E-state index contributed by atoms with van der Waals surface area (Å²) in [5.41, 5.74) is 0. The van der Waals surface area contributed by atoms with Crippen LogP contribution in [0.4, 0.5) is 0 Å². The maximum absolute atomic E-state index is 11.3. The molecule has 1 aliphatic heterocycles. The first-order valence-corrected chi connectivity index (χ1v) is 11.3. The summed E-state index contributed by atoms with van der Waals surface area (Å²) in [5, 5.41) is 0. The summed E-state index contributed by atoms with van der Waals surface area (Å²) >= 11 is 0. The van der Waals surface area contributed by atoms with Crippen LogP contribution in [0.3, 0.4) is 0 Å². The molecule has 0 aromatic carbocycles. The lowest BCUT2D eigenvalue weighted by Gasteiger charge is -2.37. The van der Waals surface area contributed by atoms with Gasteiger partial charge in [0.25, 0.3) is 0 Å². The monoisotopic (exact) mass is 408 g/mol. The van der Waals surface area contributed by atoms with E-state index in [4.69, 9.17) is 14.5 Å². The number of hydrogen-bond donors (Lipinski definition) is 0. The minimum Gasteiger partial charge on any atom is -0.469 e. The van der Waals surface area contributed by atoms with E-state index in [1.807, 2.05) is 6.08 Å². The van der Waals surface area contributed by atoms with Gasteiger partial charge in [0.1, 0.15) is 6.10 Å². The Morgan fingerprint density at radius 1 is 1.14 bits per heavy atom. The molecule has 166 valence electrons. The maximum atomic E-state index is 11.3. The molecule has 1 aliphatic rings. The smallest absolute Gasteiger partial charge is 0.308 e. The summed E-state index contributed by atoms with van der Waals surface area (Å²) in [6.45, 7) is 2.25. The second-order valence-electron chi connectivity index (χ2n) is 7.72. The molecule has 5 nitrogen and oxygen atoms in total. The average molecular weight is 409 g/mol. The highest BCUT2D eigenvalue weighted by atomic mass is 17.2. The standard InChI is InChI=1S/C24H40O5/c1-4-5-6-7-8-9-10-11-12-13-14-15-16-17-19-24(27-3)20-18-22(28-29-24)21-23(25)26-2/h12-13,22H,4-11,16-21H2,1-3H3/b13-12+/t22-,24+/m0/s1. The first kappa shape index (κ1) is 25.7. The maximum Gasteiger partial charge on any atom is 0.308 e. The number of methoxy groups -OCH3 is 2. The SMILES string of the molecule is CCCCCCCCC/C=C/C#CCCC[C@]1(OC)CC[C@@H](CC(=O)OC)OO1. The van der Waals surface area contributed by atoms with Crippen LogP contribution in [0.15, 0.2) is 12.2 Å². The Hall–Kier alpha value is -1.35. The Balaban J connectivity index is 2.10. The van der Waals surface area contributed by atoms with Crippen LogP contribution in [0.25, 0.3) is 0 Å². The highest BCUT2D eigenvalue weighted by molar-refractivity contribution is 5.69. The first-order chi connectivity index (χ1) is 14.2. The van der Waals surface area contributed by atoms with E-state index in [1.54, 1.807) is 7.11 Å². The van der Waals surface area contributed by atoms with Crippen molar-refractivity contribution < 1.29 is 24.0 Å². The van der Waals surface area contributed by atoms with Gasteiger partial charge < -0.3 is 9.47 Å². The van der Waals surface area contributed by atoms with Gasteiger partial charge in [-0.3, -0.25) is 4.79 Å². The molecule has 0 bridgehead atoms. The molecule has 0 aromatic heterocycles. The van der Waals surface area contributed by atoms with Gasteiger partial charge in [-0.1, -0.05) is 63.4 Å². The molecule has 1 fully saturated rings. The van der Waals surface area contributed by atoms with E-state index < -0.39 is 5.79 Å². The normalized spacial score (nSPS) is 21.7. The van der Waals surface area contributed by atoms with Crippen LogP contribution in [0.5, 0.6) is 0 Å². The number of hydrogen-bond acceptors (Lipinski definition) is 5. The number of allylic oxidation sites excluding steroid dienone is 2. The van der Waals surface area contributed by atoms with E-state index in [0.717, 1.165) is 19.3 Å². The largest absolute Gasteiger partial charge is 0.469 e. The Bertz CT molecular complexity index is 509. The highest BCUT2D eigenvalue weighted by Gasteiger charge is 2.38. The quantitative estimate of drug-likeness (QED) is 0.156. The predicted octanol–water partition coefficient (Wildman–Crippen LogP) is 5.87. The third kappa shape index (κ3) is 12.1. The Morgan fingerprint density at radius 3 is 2.55 bits per heavy atom. The van der Waals surface area contributed by atoms with Gasteiger partial charge in [-0.05, 0) is 31.8 Å². The first-order valence-electron chi connectivity index (χ1n) is 11.3. The third-order valence-corrected chi connectivity index (χ3v) is 5.31. The van der Waals surface area contributed by atoms with Gasteiger partial charge in [0.2, 0.25) is 5.79 Å². The summed E-state index contributed by atoms with van der Waals surface area (Å²) in [6, 6.07) is 0. The molecule has 0 amide bonds. The lowest BCUT2D eigenvalue weighted by atomic mass is 9.99. The lowest BCUT2D eigenvalue weighted by molar-refractivity contribution is -0.466. The molecule has 0 spiro atoms. The van der Waals surface area contributed by atoms with Gasteiger partial charge >= 0.3 is 5.97 Å². The van der Waals surface area contributed by atoms with E-state index in [2.05, 4.69) is 29.6 Å². The van der Waals surface area contributed by atoms with Crippen LogP contribution >= 0.6 is 0 Å². The minimum absolute atomic E-state index is 0.201. The molecule has 0 radical (unpaired) electrons. The van der Waals surface area contributed by atoms with Crippen LogP contribution in [0.2, 0.25) is 0 Å². The molecule has 0 N–H and O–H groups in total. The number of carbonyl (C=O) groups excluding carboxylic acids is 1. The van der Waals surface area contributed by atoms with Gasteiger partial charge in [0.15, 0.2) is 0 Å². The molecule has 5 heteroatoms. The number of carbonyl (C=O) groups is 1. The van der Waals surface area contributed by atoms with E-state index in [9.17, 15) is 4.79 Å². The van der Waals surface area contributed by atoms with Crippen molar-refractivity contribution in [2.24, 2.45) is 0 Å². The number of ether oxygens (including phenoxy) is 2. The van der Waals surface area contributed by atoms with E-state index in [-0.39, 0.29) is 18.5 Å². The topological polar surface area (TPSA) is 54.0 Å². The highest BCUT2D eigenvalue weighted by Crippen LogP contribution is 2.33. The van der Waals surface area contributed by atoms with Crippen LogP contribution in [0, 0.1) is 11.8 Å². The van der Waals surface area contributed by atoms with Crippen molar-refractivity contribution in [1.29, 1.82) is 0 Å². The van der Waals surface area contributed by atoms with Crippen molar-refractivity contribution in [3.8, 4) is 11.8 Å². The van der Waals surface area contributed by atoms with E-state index >= 15 is 0 Å². The number of esters is 1.